The molecule has 0 unspecified atom stereocenters. The SMILES string of the molecule is CN(C)c1ccc(CN(c2ccc3c(c2)nc(CCc2ccc(C(=N)N)cc2)n3C)S(=O)(=O)c2ccccc2)cc1.Cl.Cl. The molecule has 0 saturated heterocycles. The average Bonchev–Trinajstić information content (AvgIpc) is 3.29. The summed E-state index contributed by atoms with van der Waals surface area (Å²) in [7, 11) is 2.09. The molecule has 5 rings (SSSR count). The van der Waals surface area contributed by atoms with E-state index in [2.05, 4.69) is 4.57 Å². The van der Waals surface area contributed by atoms with Crippen LogP contribution in [0.3, 0.4) is 0 Å². The summed E-state index contributed by atoms with van der Waals surface area (Å²) in [5.41, 5.74) is 11.6. The summed E-state index contributed by atoms with van der Waals surface area (Å²) in [6.07, 6.45) is 1.49. The zero-order valence-corrected chi connectivity index (χ0v) is 26.7. The molecule has 0 atom stereocenters. The van der Waals surface area contributed by atoms with Crippen molar-refractivity contribution < 1.29 is 8.42 Å². The highest BCUT2D eigenvalue weighted by atomic mass is 35.5. The summed E-state index contributed by atoms with van der Waals surface area (Å²) in [6.45, 7) is 0.187. The lowest BCUT2D eigenvalue weighted by Crippen LogP contribution is -2.30. The Labute approximate surface area is 265 Å². The lowest BCUT2D eigenvalue weighted by molar-refractivity contribution is 0.590. The van der Waals surface area contributed by atoms with Crippen molar-refractivity contribution in [3.05, 3.63) is 120 Å². The number of nitrogens with one attached hydrogen (secondary N) is 1. The molecule has 11 heteroatoms. The maximum atomic E-state index is 13.9. The lowest BCUT2D eigenvalue weighted by Gasteiger charge is -2.25. The van der Waals surface area contributed by atoms with Crippen LogP contribution < -0.4 is 14.9 Å². The third-order valence-corrected chi connectivity index (χ3v) is 9.05. The summed E-state index contributed by atoms with van der Waals surface area (Å²) in [4.78, 5) is 7.14. The molecule has 43 heavy (non-hydrogen) atoms. The smallest absolute Gasteiger partial charge is 0.264 e. The maximum absolute atomic E-state index is 13.9. The van der Waals surface area contributed by atoms with Gasteiger partial charge in [0.1, 0.15) is 11.7 Å². The van der Waals surface area contributed by atoms with Gasteiger partial charge in [0.15, 0.2) is 0 Å². The number of rotatable bonds is 10. The van der Waals surface area contributed by atoms with Gasteiger partial charge < -0.3 is 15.2 Å². The number of nitrogens with zero attached hydrogens (tertiary/aromatic N) is 4. The predicted molar refractivity (Wildman–Crippen MR) is 181 cm³/mol. The molecular weight excluding hydrogens is 603 g/mol. The average molecular weight is 640 g/mol. The molecule has 3 N–H and O–H groups in total. The van der Waals surface area contributed by atoms with Crippen molar-refractivity contribution in [2.45, 2.75) is 24.3 Å². The van der Waals surface area contributed by atoms with Crippen molar-refractivity contribution in [1.29, 1.82) is 5.41 Å². The van der Waals surface area contributed by atoms with Crippen molar-refractivity contribution in [3.63, 3.8) is 0 Å². The molecule has 0 amide bonds. The third-order valence-electron chi connectivity index (χ3n) is 7.26. The molecule has 0 saturated carbocycles. The highest BCUT2D eigenvalue weighted by molar-refractivity contribution is 7.92. The van der Waals surface area contributed by atoms with Gasteiger partial charge in [-0.15, -0.1) is 24.8 Å². The number of aromatic nitrogens is 2. The highest BCUT2D eigenvalue weighted by Gasteiger charge is 2.26. The van der Waals surface area contributed by atoms with Crippen LogP contribution in [0.5, 0.6) is 0 Å². The molecule has 1 aromatic heterocycles. The summed E-state index contributed by atoms with van der Waals surface area (Å²) in [5.74, 6) is 0.959. The van der Waals surface area contributed by atoms with Crippen LogP contribution in [0.1, 0.15) is 22.5 Å². The number of benzene rings is 4. The minimum atomic E-state index is -3.84. The van der Waals surface area contributed by atoms with Crippen LogP contribution in [-0.2, 0) is 36.5 Å². The van der Waals surface area contributed by atoms with E-state index in [-0.39, 0.29) is 42.1 Å². The van der Waals surface area contributed by atoms with Gasteiger partial charge >= 0.3 is 0 Å². The summed E-state index contributed by atoms with van der Waals surface area (Å²) < 4.78 is 31.3. The number of amidine groups is 1. The molecule has 5 aromatic rings. The van der Waals surface area contributed by atoms with Crippen LogP contribution in [0.4, 0.5) is 11.4 Å². The second-order valence-corrected chi connectivity index (χ2v) is 12.1. The molecule has 8 nitrogen and oxygen atoms in total. The van der Waals surface area contributed by atoms with E-state index in [1.165, 1.54) is 4.31 Å². The first kappa shape index (κ1) is 33.5. The van der Waals surface area contributed by atoms with E-state index in [4.69, 9.17) is 16.1 Å². The second kappa shape index (κ2) is 13.9. The van der Waals surface area contributed by atoms with E-state index in [9.17, 15) is 8.42 Å². The van der Waals surface area contributed by atoms with E-state index in [1.807, 2.05) is 98.8 Å². The van der Waals surface area contributed by atoms with Gasteiger partial charge in [0.2, 0.25) is 0 Å². The standard InChI is InChI=1S/C32H34N6O2S.2ClH/c1-36(2)26-16-11-24(12-17-26)22-38(41(39,40)28-7-5-4-6-8-28)27-18-19-30-29(21-27)35-31(37(30)3)20-13-23-9-14-25(15-10-23)32(33)34;;/h4-12,14-19,21H,13,20,22H2,1-3H3,(H3,33,34);2*1H. The first-order valence-electron chi connectivity index (χ1n) is 13.4. The number of hydrogen-bond donors (Lipinski definition) is 2. The molecule has 1 heterocycles. The van der Waals surface area contributed by atoms with Crippen LogP contribution in [0, 0.1) is 5.41 Å². The molecular formula is C32H36Cl2N6O2S. The van der Waals surface area contributed by atoms with Gasteiger partial charge in [0, 0.05) is 38.8 Å². The molecule has 0 fully saturated rings. The van der Waals surface area contributed by atoms with E-state index < -0.39 is 10.0 Å². The van der Waals surface area contributed by atoms with Crippen molar-refractivity contribution >= 4 is 63.1 Å². The van der Waals surface area contributed by atoms with Crippen molar-refractivity contribution in [1.82, 2.24) is 9.55 Å². The van der Waals surface area contributed by atoms with E-state index in [0.29, 0.717) is 17.7 Å². The molecule has 0 aliphatic heterocycles. The Bertz CT molecular complexity index is 1790. The molecule has 0 radical (unpaired) electrons. The Morgan fingerprint density at radius 2 is 1.44 bits per heavy atom. The molecule has 0 spiro atoms. The largest absolute Gasteiger partial charge is 0.384 e. The quantitative estimate of drug-likeness (QED) is 0.145. The number of fused-ring (bicyclic) bond motifs is 1. The van der Waals surface area contributed by atoms with Crippen LogP contribution in [0.25, 0.3) is 11.0 Å². The highest BCUT2D eigenvalue weighted by Crippen LogP contribution is 2.30. The van der Waals surface area contributed by atoms with Gasteiger partial charge in [-0.25, -0.2) is 13.4 Å². The van der Waals surface area contributed by atoms with Gasteiger partial charge in [-0.3, -0.25) is 9.71 Å². The Balaban J connectivity index is 0.00000253. The fourth-order valence-electron chi connectivity index (χ4n) is 4.82. The zero-order valence-electron chi connectivity index (χ0n) is 24.3. The first-order chi connectivity index (χ1) is 19.6. The summed E-state index contributed by atoms with van der Waals surface area (Å²) in [6, 6.07) is 29.7. The monoisotopic (exact) mass is 638 g/mol. The van der Waals surface area contributed by atoms with E-state index in [1.54, 1.807) is 24.3 Å². The van der Waals surface area contributed by atoms with Gasteiger partial charge in [0.25, 0.3) is 10.0 Å². The Morgan fingerprint density at radius 3 is 2.05 bits per heavy atom. The van der Waals surface area contributed by atoms with Crippen LogP contribution >= 0.6 is 24.8 Å². The fourth-order valence-corrected chi connectivity index (χ4v) is 6.29. The van der Waals surface area contributed by atoms with Gasteiger partial charge in [0.05, 0.1) is 28.2 Å². The Hall–Kier alpha value is -4.05. The number of sulfonamides is 1. The summed E-state index contributed by atoms with van der Waals surface area (Å²) >= 11 is 0. The van der Waals surface area contributed by atoms with Crippen LogP contribution in [0.15, 0.2) is 102 Å². The van der Waals surface area contributed by atoms with Crippen molar-refractivity contribution in [3.8, 4) is 0 Å². The Morgan fingerprint density at radius 1 is 0.837 bits per heavy atom. The number of nitrogen functional groups attached to an aromatic ring is 1. The maximum Gasteiger partial charge on any atom is 0.264 e. The van der Waals surface area contributed by atoms with Crippen LogP contribution in [0.2, 0.25) is 0 Å². The molecule has 226 valence electrons. The minimum Gasteiger partial charge on any atom is -0.384 e. The number of aryl methyl sites for hydroxylation is 3. The zero-order chi connectivity index (χ0) is 29.1. The molecule has 0 aliphatic rings. The topological polar surface area (TPSA) is 108 Å². The van der Waals surface area contributed by atoms with Gasteiger partial charge in [-0.1, -0.05) is 54.6 Å². The molecule has 0 aliphatic carbocycles. The lowest BCUT2D eigenvalue weighted by atomic mass is 10.1. The number of imidazole rings is 1. The normalized spacial score (nSPS) is 11.0. The molecule has 0 bridgehead atoms. The predicted octanol–water partition coefficient (Wildman–Crippen LogP) is 5.95. The second-order valence-electron chi connectivity index (χ2n) is 10.3. The number of halogens is 2. The Kier molecular flexibility index (Phi) is 10.9. The van der Waals surface area contributed by atoms with Crippen molar-refractivity contribution in [2.75, 3.05) is 23.3 Å². The molecule has 4 aromatic carbocycles. The van der Waals surface area contributed by atoms with E-state index >= 15 is 0 Å². The first-order valence-corrected chi connectivity index (χ1v) is 14.8. The summed E-state index contributed by atoms with van der Waals surface area (Å²) in [5, 5.41) is 7.58. The number of anilines is 2. The number of hydrogen-bond acceptors (Lipinski definition) is 5. The van der Waals surface area contributed by atoms with Crippen LogP contribution in [-0.4, -0.2) is 37.9 Å². The minimum absolute atomic E-state index is 0. The van der Waals surface area contributed by atoms with Gasteiger partial charge in [-0.05, 0) is 60.0 Å². The van der Waals surface area contributed by atoms with Gasteiger partial charge in [-0.2, -0.15) is 0 Å². The number of nitrogens with two attached hydrogens (primary N) is 1. The third kappa shape index (κ3) is 7.30. The fraction of sp³-hybridized carbons (Fsp3) is 0.188. The van der Waals surface area contributed by atoms with E-state index in [0.717, 1.165) is 40.1 Å². The van der Waals surface area contributed by atoms with Crippen molar-refractivity contribution in [2.24, 2.45) is 12.8 Å².